The van der Waals surface area contributed by atoms with Crippen molar-refractivity contribution < 1.29 is 44.0 Å². The van der Waals surface area contributed by atoms with Crippen molar-refractivity contribution in [1.82, 2.24) is 10.2 Å². The van der Waals surface area contributed by atoms with Gasteiger partial charge in [-0.05, 0) is 52.2 Å². The lowest BCUT2D eigenvalue weighted by Gasteiger charge is -2.50. The van der Waals surface area contributed by atoms with Gasteiger partial charge >= 0.3 is 0 Å². The number of hydrogen-bond acceptors (Lipinski definition) is 10. The monoisotopic (exact) mass is 544 g/mol. The first-order valence-electron chi connectivity index (χ1n) is 12.5. The Morgan fingerprint density at radius 2 is 1.92 bits per heavy atom. The summed E-state index contributed by atoms with van der Waals surface area (Å²) < 4.78 is 15.3. The number of aliphatic hydroxyl groups excluding tert-OH is 2. The Hall–Kier alpha value is -3.81. The number of nitrogens with two attached hydrogens (primary N) is 1. The van der Waals surface area contributed by atoms with E-state index >= 15 is 4.39 Å². The van der Waals surface area contributed by atoms with Crippen LogP contribution in [0.4, 0.5) is 10.1 Å². The van der Waals surface area contributed by atoms with Gasteiger partial charge in [-0.3, -0.25) is 24.1 Å². The molecule has 1 heterocycles. The van der Waals surface area contributed by atoms with Gasteiger partial charge in [0.15, 0.2) is 17.1 Å². The number of phenolic OH excluding ortho intramolecular Hbond substituents is 1. The molecule has 1 saturated heterocycles. The molecule has 1 aromatic rings. The Balaban J connectivity index is 1.62. The van der Waals surface area contributed by atoms with Gasteiger partial charge in [0, 0.05) is 23.1 Å². The highest BCUT2D eigenvalue weighted by atomic mass is 19.1. The lowest BCUT2D eigenvalue weighted by molar-refractivity contribution is -0.148. The Labute approximate surface area is 222 Å². The number of Topliss-reactive ketones (excluding diaryl/α,β-unsaturated/α-hetero) is 2. The van der Waals surface area contributed by atoms with Crippen molar-refractivity contribution >= 4 is 29.1 Å². The number of aliphatic hydroxyl groups is 3. The van der Waals surface area contributed by atoms with Crippen LogP contribution >= 0.6 is 0 Å². The maximum atomic E-state index is 15.3. The Morgan fingerprint density at radius 3 is 2.51 bits per heavy atom. The second kappa shape index (κ2) is 9.14. The molecule has 208 valence electrons. The fraction of sp³-hybridized carbons (Fsp3) is 0.462. The number of rotatable bonds is 4. The minimum Gasteiger partial charge on any atom is -0.510 e. The average Bonchev–Trinajstić information content (AvgIpc) is 3.39. The van der Waals surface area contributed by atoms with E-state index in [1.165, 1.54) is 19.0 Å². The minimum absolute atomic E-state index is 0.150. The summed E-state index contributed by atoms with van der Waals surface area (Å²) in [5.41, 5.74) is 0.196. The molecule has 0 radical (unpaired) electrons. The fourth-order valence-electron chi connectivity index (χ4n) is 6.50. The highest BCUT2D eigenvalue weighted by Crippen LogP contribution is 2.53. The molecule has 0 bridgehead atoms. The van der Waals surface area contributed by atoms with Crippen LogP contribution in [-0.2, 0) is 20.8 Å². The molecule has 0 aromatic heterocycles. The van der Waals surface area contributed by atoms with Gasteiger partial charge in [-0.1, -0.05) is 0 Å². The molecular formula is C26H29FN4O8. The average molecular weight is 545 g/mol. The number of hydrogen-bond donors (Lipinski definition) is 7. The van der Waals surface area contributed by atoms with Gasteiger partial charge in [-0.2, -0.15) is 0 Å². The zero-order chi connectivity index (χ0) is 28.5. The molecule has 8 N–H and O–H groups in total. The van der Waals surface area contributed by atoms with Crippen molar-refractivity contribution in [3.8, 4) is 5.75 Å². The molecule has 1 aromatic carbocycles. The third-order valence-electron chi connectivity index (χ3n) is 8.30. The van der Waals surface area contributed by atoms with E-state index in [-0.39, 0.29) is 24.1 Å². The first-order chi connectivity index (χ1) is 18.3. The second-order valence-corrected chi connectivity index (χ2v) is 10.7. The van der Waals surface area contributed by atoms with Crippen LogP contribution in [0.25, 0.3) is 0 Å². The van der Waals surface area contributed by atoms with Gasteiger partial charge in [-0.25, -0.2) is 4.39 Å². The summed E-state index contributed by atoms with van der Waals surface area (Å²) in [6.45, 7) is 0.623. The Morgan fingerprint density at radius 1 is 1.23 bits per heavy atom. The molecule has 2 amide bonds. The predicted molar refractivity (Wildman–Crippen MR) is 133 cm³/mol. The topological polar surface area (TPSA) is 203 Å². The van der Waals surface area contributed by atoms with Gasteiger partial charge in [0.25, 0.3) is 5.91 Å². The van der Waals surface area contributed by atoms with Gasteiger partial charge in [0.05, 0.1) is 23.3 Å². The number of anilines is 1. The third-order valence-corrected chi connectivity index (χ3v) is 8.30. The molecular weight excluding hydrogens is 515 g/mol. The number of benzene rings is 1. The summed E-state index contributed by atoms with van der Waals surface area (Å²) in [7, 11) is 3.03. The molecule has 4 aliphatic rings. The van der Waals surface area contributed by atoms with Crippen LogP contribution < -0.4 is 16.4 Å². The molecule has 0 saturated carbocycles. The number of amides is 2. The SMILES string of the molecule is CN(C)[C@@H]1C(O)=C(C(N)=O)C(=O)[C@@]2(O)C(O)=C3C(=O)c4c(O)c(NC(=O)[C@H]5CCCN5)cc(F)c4C[C@H]3C[C@@H]12. The number of allylic oxidation sites excluding steroid dienone is 1. The van der Waals surface area contributed by atoms with Crippen LogP contribution in [0.3, 0.4) is 0 Å². The number of aromatic hydroxyl groups is 1. The van der Waals surface area contributed by atoms with Crippen LogP contribution in [0.2, 0.25) is 0 Å². The number of nitrogens with zero attached hydrogens (tertiary/aromatic N) is 1. The molecule has 5 atom stereocenters. The van der Waals surface area contributed by atoms with E-state index in [0.29, 0.717) is 13.0 Å². The predicted octanol–water partition coefficient (Wildman–Crippen LogP) is -0.0498. The molecule has 12 nitrogen and oxygen atoms in total. The maximum Gasteiger partial charge on any atom is 0.255 e. The van der Waals surface area contributed by atoms with E-state index in [1.54, 1.807) is 0 Å². The standard InChI is InChI=1S/C26H29FN4O8/c1-31(2)18-11-7-9-6-10-12(27)8-14(30-25(38)13-4-3-5-29-13)19(32)16(10)20(33)15(9)22(35)26(11,39)23(36)17(21(18)34)24(28)37/h8-9,11,13,18,29,32,34-35,39H,3-7H2,1-2H3,(H2,28,37)(H,30,38)/t9-,11-,13+,18-,26-/m0/s1. The zero-order valence-electron chi connectivity index (χ0n) is 21.2. The smallest absolute Gasteiger partial charge is 0.255 e. The number of primary amides is 1. The third kappa shape index (κ3) is 3.75. The zero-order valence-corrected chi connectivity index (χ0v) is 21.2. The van der Waals surface area contributed by atoms with Crippen molar-refractivity contribution in [3.05, 3.63) is 45.7 Å². The van der Waals surface area contributed by atoms with Crippen molar-refractivity contribution in [3.63, 3.8) is 0 Å². The second-order valence-electron chi connectivity index (χ2n) is 10.7. The van der Waals surface area contributed by atoms with Crippen molar-refractivity contribution in [2.24, 2.45) is 17.6 Å². The van der Waals surface area contributed by atoms with Crippen LogP contribution in [0.15, 0.2) is 28.7 Å². The molecule has 39 heavy (non-hydrogen) atoms. The molecule has 0 spiro atoms. The number of fused-ring (bicyclic) bond motifs is 3. The normalized spacial score (nSPS) is 30.3. The summed E-state index contributed by atoms with van der Waals surface area (Å²) in [5.74, 6) is -9.67. The first-order valence-corrected chi connectivity index (χ1v) is 12.5. The molecule has 3 aliphatic carbocycles. The quantitative estimate of drug-likeness (QED) is 0.199. The number of ketones is 2. The Kier molecular flexibility index (Phi) is 6.28. The highest BCUT2D eigenvalue weighted by molar-refractivity contribution is 6.25. The number of nitrogens with one attached hydrogen (secondary N) is 2. The number of halogens is 1. The van der Waals surface area contributed by atoms with Crippen molar-refractivity contribution in [2.75, 3.05) is 26.0 Å². The van der Waals surface area contributed by atoms with E-state index in [0.717, 1.165) is 12.5 Å². The van der Waals surface area contributed by atoms with E-state index in [1.807, 2.05) is 0 Å². The lowest BCUT2D eigenvalue weighted by Crippen LogP contribution is -2.63. The van der Waals surface area contributed by atoms with Crippen LogP contribution in [0.1, 0.15) is 35.2 Å². The van der Waals surface area contributed by atoms with Crippen molar-refractivity contribution in [2.45, 2.75) is 43.4 Å². The highest BCUT2D eigenvalue weighted by Gasteiger charge is 2.63. The number of phenols is 1. The van der Waals surface area contributed by atoms with Gasteiger partial charge in [0.1, 0.15) is 22.9 Å². The van der Waals surface area contributed by atoms with Gasteiger partial charge < -0.3 is 36.8 Å². The van der Waals surface area contributed by atoms with Crippen LogP contribution in [0.5, 0.6) is 5.75 Å². The largest absolute Gasteiger partial charge is 0.510 e. The molecule has 1 fully saturated rings. The maximum absolute atomic E-state index is 15.3. The van der Waals surface area contributed by atoms with Crippen LogP contribution in [-0.4, -0.2) is 87.0 Å². The van der Waals surface area contributed by atoms with Gasteiger partial charge in [-0.15, -0.1) is 0 Å². The fourth-order valence-corrected chi connectivity index (χ4v) is 6.50. The summed E-state index contributed by atoms with van der Waals surface area (Å²) >= 11 is 0. The minimum atomic E-state index is -2.79. The number of likely N-dealkylation sites (N-methyl/N-ethyl adjacent to an activating group) is 1. The van der Waals surface area contributed by atoms with E-state index in [2.05, 4.69) is 10.6 Å². The number of carbonyl (C=O) groups is 4. The van der Waals surface area contributed by atoms with E-state index in [9.17, 15) is 39.6 Å². The summed E-state index contributed by atoms with van der Waals surface area (Å²) in [5, 5.41) is 50.0. The van der Waals surface area contributed by atoms with Crippen molar-refractivity contribution in [1.29, 1.82) is 0 Å². The lowest BCUT2D eigenvalue weighted by atomic mass is 9.58. The summed E-state index contributed by atoms with van der Waals surface area (Å²) in [4.78, 5) is 53.0. The van der Waals surface area contributed by atoms with Gasteiger partial charge in [0.2, 0.25) is 11.7 Å². The van der Waals surface area contributed by atoms with E-state index in [4.69, 9.17) is 5.73 Å². The molecule has 5 rings (SSSR count). The Bertz CT molecular complexity index is 1400. The molecule has 1 aliphatic heterocycles. The van der Waals surface area contributed by atoms with Crippen LogP contribution in [0, 0.1) is 17.7 Å². The first kappa shape index (κ1) is 26.8. The summed E-state index contributed by atoms with van der Waals surface area (Å²) in [6, 6.07) is -0.774. The molecule has 13 heteroatoms. The summed E-state index contributed by atoms with van der Waals surface area (Å²) in [6.07, 6.45) is 0.961. The molecule has 0 unspecified atom stereocenters. The van der Waals surface area contributed by atoms with E-state index < -0.39 is 92.7 Å². The number of carbonyl (C=O) groups excluding carboxylic acids is 4.